The molecule has 0 unspecified atom stereocenters. The van der Waals surface area contributed by atoms with Crippen molar-refractivity contribution in [3.05, 3.63) is 33.9 Å². The lowest BCUT2D eigenvalue weighted by Crippen LogP contribution is -2.17. The molecule has 0 saturated heterocycles. The lowest BCUT2D eigenvalue weighted by molar-refractivity contribution is 0.0592. The highest BCUT2D eigenvalue weighted by atomic mass is 16.3. The minimum Gasteiger partial charge on any atom is -0.396 e. The Hall–Kier alpha value is -1.27. The van der Waals surface area contributed by atoms with Gasteiger partial charge in [-0.3, -0.25) is 4.79 Å². The minimum atomic E-state index is -1.03. The summed E-state index contributed by atoms with van der Waals surface area (Å²) in [6.45, 7) is 1.05. The molecule has 0 spiro atoms. The van der Waals surface area contributed by atoms with Crippen LogP contribution in [0, 0.1) is 12.8 Å². The Balaban J connectivity index is 2.63. The second kappa shape index (κ2) is 5.38. The fourth-order valence-corrected chi connectivity index (χ4v) is 2.84. The molecule has 2 atom stereocenters. The third-order valence-electron chi connectivity index (χ3n) is 3.85. The average molecular weight is 266 g/mol. The third kappa shape index (κ3) is 2.08. The zero-order valence-corrected chi connectivity index (χ0v) is 10.8. The normalized spacial score (nSPS) is 21.8. The molecular weight excluding hydrogens is 248 g/mol. The summed E-state index contributed by atoms with van der Waals surface area (Å²) in [4.78, 5) is 12.2. The van der Waals surface area contributed by atoms with Crippen LogP contribution in [0.1, 0.15) is 38.7 Å². The van der Waals surface area contributed by atoms with Crippen LogP contribution in [0.2, 0.25) is 0 Å². The fourth-order valence-electron chi connectivity index (χ4n) is 2.84. The summed E-state index contributed by atoms with van der Waals surface area (Å²) in [6.07, 6.45) is -0.679. The number of carbonyl (C=O) groups excluding carboxylic acids is 1. The molecule has 1 aliphatic rings. The molecule has 0 amide bonds. The molecule has 0 aromatic heterocycles. The molecule has 0 fully saturated rings. The van der Waals surface area contributed by atoms with Crippen molar-refractivity contribution in [1.82, 2.24) is 0 Å². The molecule has 5 heteroatoms. The van der Waals surface area contributed by atoms with Crippen LogP contribution in [-0.4, -0.2) is 39.4 Å². The number of Topliss-reactive ketones (excluding diaryl/α,β-unsaturated/α-hetero) is 1. The van der Waals surface area contributed by atoms with E-state index in [9.17, 15) is 20.1 Å². The van der Waals surface area contributed by atoms with Gasteiger partial charge in [0.25, 0.3) is 0 Å². The molecule has 1 aliphatic carbocycles. The number of ketones is 1. The number of fused-ring (bicyclic) bond motifs is 1. The van der Waals surface area contributed by atoms with Crippen molar-refractivity contribution in [1.29, 1.82) is 0 Å². The smallest absolute Gasteiger partial charge is 0.171 e. The maximum atomic E-state index is 12.2. The summed E-state index contributed by atoms with van der Waals surface area (Å²) >= 11 is 0. The zero-order valence-electron chi connectivity index (χ0n) is 10.8. The van der Waals surface area contributed by atoms with Gasteiger partial charge in [-0.2, -0.15) is 0 Å². The van der Waals surface area contributed by atoms with Gasteiger partial charge in [-0.05, 0) is 41.7 Å². The van der Waals surface area contributed by atoms with Crippen molar-refractivity contribution in [3.8, 4) is 0 Å². The number of hydrogen-bond donors (Lipinski definition) is 4. The van der Waals surface area contributed by atoms with E-state index in [1.54, 1.807) is 13.0 Å². The number of carbonyl (C=O) groups is 1. The second-order valence-corrected chi connectivity index (χ2v) is 4.83. The van der Waals surface area contributed by atoms with E-state index in [0.717, 1.165) is 5.56 Å². The van der Waals surface area contributed by atoms with Gasteiger partial charge >= 0.3 is 0 Å². The SMILES string of the molecule is Cc1c(CCO)c(CO)cc2c1C(=O)[C@@H](CO)[C@@H]2O. The summed E-state index contributed by atoms with van der Waals surface area (Å²) < 4.78 is 0. The molecule has 0 radical (unpaired) electrons. The zero-order chi connectivity index (χ0) is 14.2. The van der Waals surface area contributed by atoms with Gasteiger partial charge in [0.15, 0.2) is 5.78 Å². The summed E-state index contributed by atoms with van der Waals surface area (Å²) in [7, 11) is 0. The van der Waals surface area contributed by atoms with Crippen LogP contribution in [0.5, 0.6) is 0 Å². The molecule has 104 valence electrons. The van der Waals surface area contributed by atoms with Crippen LogP contribution in [0.15, 0.2) is 6.07 Å². The van der Waals surface area contributed by atoms with Crippen LogP contribution in [0.4, 0.5) is 0 Å². The predicted molar refractivity (Wildman–Crippen MR) is 67.8 cm³/mol. The van der Waals surface area contributed by atoms with Gasteiger partial charge in [0.05, 0.1) is 25.2 Å². The summed E-state index contributed by atoms with van der Waals surface area (Å²) in [5.74, 6) is -1.10. The van der Waals surface area contributed by atoms with E-state index in [4.69, 9.17) is 5.11 Å². The van der Waals surface area contributed by atoms with E-state index in [1.807, 2.05) is 0 Å². The largest absolute Gasteiger partial charge is 0.396 e. The number of aliphatic hydroxyl groups is 4. The monoisotopic (exact) mass is 266 g/mol. The van der Waals surface area contributed by atoms with Gasteiger partial charge in [0.2, 0.25) is 0 Å². The molecule has 5 nitrogen and oxygen atoms in total. The molecule has 4 N–H and O–H groups in total. The summed E-state index contributed by atoms with van der Waals surface area (Å²) in [5.41, 5.74) is 2.91. The summed E-state index contributed by atoms with van der Waals surface area (Å²) in [5, 5.41) is 37.7. The average Bonchev–Trinajstić information content (AvgIpc) is 2.64. The molecule has 0 aliphatic heterocycles. The first kappa shape index (κ1) is 14.1. The highest BCUT2D eigenvalue weighted by molar-refractivity contribution is 6.04. The van der Waals surface area contributed by atoms with E-state index >= 15 is 0 Å². The van der Waals surface area contributed by atoms with Crippen molar-refractivity contribution >= 4 is 5.78 Å². The van der Waals surface area contributed by atoms with Crippen LogP contribution in [-0.2, 0) is 13.0 Å². The van der Waals surface area contributed by atoms with Crippen LogP contribution < -0.4 is 0 Å². The molecule has 0 heterocycles. The number of aliphatic hydroxyl groups excluding tert-OH is 4. The van der Waals surface area contributed by atoms with Gasteiger partial charge in [-0.15, -0.1) is 0 Å². The van der Waals surface area contributed by atoms with Crippen LogP contribution in [0.25, 0.3) is 0 Å². The van der Waals surface area contributed by atoms with E-state index in [-0.39, 0.29) is 19.0 Å². The van der Waals surface area contributed by atoms with E-state index in [0.29, 0.717) is 28.7 Å². The van der Waals surface area contributed by atoms with Gasteiger partial charge in [-0.1, -0.05) is 0 Å². The lowest BCUT2D eigenvalue weighted by atomic mass is 9.91. The van der Waals surface area contributed by atoms with Crippen molar-refractivity contribution in [3.63, 3.8) is 0 Å². The first-order valence-corrected chi connectivity index (χ1v) is 6.26. The summed E-state index contributed by atoms with van der Waals surface area (Å²) in [6, 6.07) is 1.60. The topological polar surface area (TPSA) is 98.0 Å². The number of benzene rings is 1. The van der Waals surface area contributed by atoms with Crippen molar-refractivity contribution < 1.29 is 25.2 Å². The maximum absolute atomic E-state index is 12.2. The lowest BCUT2D eigenvalue weighted by Gasteiger charge is -2.15. The second-order valence-electron chi connectivity index (χ2n) is 4.83. The predicted octanol–water partition coefficient (Wildman–Crippen LogP) is -0.140. The molecule has 1 aromatic carbocycles. The molecule has 2 rings (SSSR count). The number of hydrogen-bond acceptors (Lipinski definition) is 5. The van der Waals surface area contributed by atoms with Crippen molar-refractivity contribution in [2.75, 3.05) is 13.2 Å². The maximum Gasteiger partial charge on any atom is 0.171 e. The first-order valence-electron chi connectivity index (χ1n) is 6.26. The van der Waals surface area contributed by atoms with Gasteiger partial charge in [-0.25, -0.2) is 0 Å². The first-order chi connectivity index (χ1) is 9.06. The molecule has 1 aromatic rings. The molecule has 0 saturated carbocycles. The Morgan fingerprint density at radius 2 is 1.95 bits per heavy atom. The number of rotatable bonds is 4. The van der Waals surface area contributed by atoms with Gasteiger partial charge in [0.1, 0.15) is 0 Å². The molecule has 0 bridgehead atoms. The Morgan fingerprint density at radius 3 is 2.47 bits per heavy atom. The Morgan fingerprint density at radius 1 is 1.26 bits per heavy atom. The molecular formula is C14H18O5. The Bertz CT molecular complexity index is 509. The van der Waals surface area contributed by atoms with Gasteiger partial charge in [0, 0.05) is 12.2 Å². The van der Waals surface area contributed by atoms with Crippen molar-refractivity contribution in [2.45, 2.75) is 26.1 Å². The van der Waals surface area contributed by atoms with E-state index < -0.39 is 18.6 Å². The minimum absolute atomic E-state index is 0.0766. The van der Waals surface area contributed by atoms with Crippen LogP contribution >= 0.6 is 0 Å². The molecule has 19 heavy (non-hydrogen) atoms. The van der Waals surface area contributed by atoms with E-state index in [2.05, 4.69) is 0 Å². The van der Waals surface area contributed by atoms with Crippen molar-refractivity contribution in [2.24, 2.45) is 5.92 Å². The Kier molecular flexibility index (Phi) is 4.01. The fraction of sp³-hybridized carbons (Fsp3) is 0.500. The highest BCUT2D eigenvalue weighted by Crippen LogP contribution is 2.39. The highest BCUT2D eigenvalue weighted by Gasteiger charge is 2.40. The van der Waals surface area contributed by atoms with Crippen LogP contribution in [0.3, 0.4) is 0 Å². The Labute approximate surface area is 111 Å². The third-order valence-corrected chi connectivity index (χ3v) is 3.85. The quantitative estimate of drug-likeness (QED) is 0.608. The standard InChI is InChI=1S/C14H18O5/c1-7-9(2-3-15)8(5-16)4-10-12(7)14(19)11(6-17)13(10)18/h4,11,13,15-18H,2-3,5-6H2,1H3/t11-,13+/m0/s1. The van der Waals surface area contributed by atoms with Gasteiger partial charge < -0.3 is 20.4 Å². The van der Waals surface area contributed by atoms with E-state index in [1.165, 1.54) is 0 Å².